The molecular weight excluding hydrogens is 356 g/mol. The molecule has 0 atom stereocenters. The number of benzene rings is 2. The molecule has 0 heterocycles. The van der Waals surface area contributed by atoms with E-state index in [1.807, 2.05) is 24.3 Å². The summed E-state index contributed by atoms with van der Waals surface area (Å²) in [4.78, 5) is 24.5. The van der Waals surface area contributed by atoms with E-state index >= 15 is 0 Å². The third kappa shape index (κ3) is 5.97. The number of amides is 2. The Balaban J connectivity index is 1.93. The highest BCUT2D eigenvalue weighted by molar-refractivity contribution is 6.30. The topological polar surface area (TPSA) is 67.9 Å². The van der Waals surface area contributed by atoms with Crippen LogP contribution in [0.1, 0.15) is 12.5 Å². The lowest BCUT2D eigenvalue weighted by Gasteiger charge is -2.21. The quantitative estimate of drug-likeness (QED) is 0.801. The minimum Gasteiger partial charge on any atom is -0.489 e. The molecule has 6 nitrogen and oxygen atoms in total. The summed E-state index contributed by atoms with van der Waals surface area (Å²) in [7, 11) is 1.29. The van der Waals surface area contributed by atoms with Crippen molar-refractivity contribution in [3.63, 3.8) is 0 Å². The van der Waals surface area contributed by atoms with Crippen LogP contribution in [-0.4, -0.2) is 32.2 Å². The highest BCUT2D eigenvalue weighted by atomic mass is 35.5. The summed E-state index contributed by atoms with van der Waals surface area (Å²) in [6, 6.07) is 14.6. The van der Waals surface area contributed by atoms with Crippen molar-refractivity contribution in [1.82, 2.24) is 5.32 Å². The van der Waals surface area contributed by atoms with E-state index in [9.17, 15) is 9.59 Å². The van der Waals surface area contributed by atoms with Crippen LogP contribution in [0.5, 0.6) is 5.75 Å². The van der Waals surface area contributed by atoms with Gasteiger partial charge in [-0.15, -0.1) is 0 Å². The molecule has 26 heavy (non-hydrogen) atoms. The average molecular weight is 377 g/mol. The number of hydrogen-bond acceptors (Lipinski definition) is 4. The fourth-order valence-electron chi connectivity index (χ4n) is 2.28. The first-order valence-corrected chi connectivity index (χ1v) is 8.44. The fraction of sp³-hybridized carbons (Fsp3) is 0.263. The van der Waals surface area contributed by atoms with E-state index in [1.165, 1.54) is 14.0 Å². The van der Waals surface area contributed by atoms with E-state index in [0.29, 0.717) is 30.5 Å². The van der Waals surface area contributed by atoms with Gasteiger partial charge in [-0.3, -0.25) is 4.79 Å². The third-order valence-electron chi connectivity index (χ3n) is 3.64. The van der Waals surface area contributed by atoms with Crippen LogP contribution >= 0.6 is 11.6 Å². The van der Waals surface area contributed by atoms with Crippen LogP contribution in [0.15, 0.2) is 48.5 Å². The summed E-state index contributed by atoms with van der Waals surface area (Å²) in [5, 5.41) is 3.24. The Labute approximate surface area is 157 Å². The molecule has 2 aromatic carbocycles. The largest absolute Gasteiger partial charge is 0.489 e. The molecule has 7 heteroatoms. The normalized spacial score (nSPS) is 10.1. The maximum absolute atomic E-state index is 11.9. The number of carbonyl (C=O) groups is 2. The van der Waals surface area contributed by atoms with Gasteiger partial charge in [0.15, 0.2) is 0 Å². The Morgan fingerprint density at radius 3 is 2.31 bits per heavy atom. The van der Waals surface area contributed by atoms with Crippen LogP contribution in [-0.2, 0) is 16.1 Å². The van der Waals surface area contributed by atoms with Gasteiger partial charge < -0.3 is 19.7 Å². The predicted molar refractivity (Wildman–Crippen MR) is 101 cm³/mol. The van der Waals surface area contributed by atoms with Gasteiger partial charge in [-0.25, -0.2) is 4.79 Å². The first kappa shape index (κ1) is 19.6. The SMILES string of the molecule is COC(=O)NCCN(C(C)=O)c1ccc(OCc2ccc(Cl)cc2)cc1. The maximum Gasteiger partial charge on any atom is 0.406 e. The monoisotopic (exact) mass is 376 g/mol. The zero-order valence-corrected chi connectivity index (χ0v) is 15.5. The Kier molecular flexibility index (Phi) is 7.29. The first-order valence-electron chi connectivity index (χ1n) is 8.07. The van der Waals surface area contributed by atoms with Gasteiger partial charge in [0.2, 0.25) is 5.91 Å². The van der Waals surface area contributed by atoms with E-state index in [2.05, 4.69) is 10.1 Å². The van der Waals surface area contributed by atoms with Crippen molar-refractivity contribution in [3.05, 3.63) is 59.1 Å². The molecule has 0 spiro atoms. The molecule has 0 saturated heterocycles. The Morgan fingerprint density at radius 2 is 1.73 bits per heavy atom. The number of rotatable bonds is 7. The van der Waals surface area contributed by atoms with Gasteiger partial charge in [-0.05, 0) is 42.0 Å². The number of carbonyl (C=O) groups excluding carboxylic acids is 2. The van der Waals surface area contributed by atoms with Crippen molar-refractivity contribution < 1.29 is 19.1 Å². The minimum atomic E-state index is -0.528. The molecule has 0 aliphatic rings. The van der Waals surface area contributed by atoms with E-state index in [1.54, 1.807) is 29.2 Å². The number of alkyl carbamates (subject to hydrolysis) is 1. The van der Waals surface area contributed by atoms with Crippen LogP contribution < -0.4 is 15.0 Å². The second-order valence-corrected chi connectivity index (χ2v) is 5.93. The molecule has 0 aromatic heterocycles. The smallest absolute Gasteiger partial charge is 0.406 e. The molecule has 138 valence electrons. The van der Waals surface area contributed by atoms with Gasteiger partial charge >= 0.3 is 6.09 Å². The molecule has 0 radical (unpaired) electrons. The second kappa shape index (κ2) is 9.68. The molecule has 0 fully saturated rings. The van der Waals surface area contributed by atoms with Gasteiger partial charge in [-0.2, -0.15) is 0 Å². The highest BCUT2D eigenvalue weighted by Crippen LogP contribution is 2.21. The summed E-state index contributed by atoms with van der Waals surface area (Å²) in [6.45, 7) is 2.54. The van der Waals surface area contributed by atoms with Crippen molar-refractivity contribution in [2.24, 2.45) is 0 Å². The van der Waals surface area contributed by atoms with Gasteiger partial charge in [0, 0.05) is 30.7 Å². The van der Waals surface area contributed by atoms with Crippen molar-refractivity contribution >= 4 is 29.3 Å². The molecule has 0 unspecified atom stereocenters. The molecule has 2 aromatic rings. The van der Waals surface area contributed by atoms with Crippen molar-refractivity contribution in [2.75, 3.05) is 25.1 Å². The van der Waals surface area contributed by atoms with Crippen molar-refractivity contribution in [3.8, 4) is 5.75 Å². The summed E-state index contributed by atoms with van der Waals surface area (Å²) in [6.07, 6.45) is -0.528. The lowest BCUT2D eigenvalue weighted by Crippen LogP contribution is -2.37. The highest BCUT2D eigenvalue weighted by Gasteiger charge is 2.12. The summed E-state index contributed by atoms with van der Waals surface area (Å²) >= 11 is 5.86. The van der Waals surface area contributed by atoms with Crippen LogP contribution in [0.25, 0.3) is 0 Å². The van der Waals surface area contributed by atoms with Crippen LogP contribution in [0.2, 0.25) is 5.02 Å². The molecule has 1 N–H and O–H groups in total. The van der Waals surface area contributed by atoms with Gasteiger partial charge in [0.25, 0.3) is 0 Å². The molecule has 2 rings (SSSR count). The number of hydrogen-bond donors (Lipinski definition) is 1. The molecule has 0 saturated carbocycles. The Hall–Kier alpha value is -2.73. The number of ether oxygens (including phenoxy) is 2. The molecule has 0 aliphatic heterocycles. The van der Waals surface area contributed by atoms with E-state index in [0.717, 1.165) is 11.3 Å². The van der Waals surface area contributed by atoms with E-state index in [-0.39, 0.29) is 5.91 Å². The van der Waals surface area contributed by atoms with Gasteiger partial charge in [0.05, 0.1) is 7.11 Å². The van der Waals surface area contributed by atoms with Gasteiger partial charge in [-0.1, -0.05) is 23.7 Å². The predicted octanol–water partition coefficient (Wildman–Crippen LogP) is 3.63. The Morgan fingerprint density at radius 1 is 1.08 bits per heavy atom. The summed E-state index contributed by atoms with van der Waals surface area (Å²) in [5.74, 6) is 0.575. The zero-order valence-electron chi connectivity index (χ0n) is 14.7. The number of nitrogens with one attached hydrogen (secondary N) is 1. The standard InChI is InChI=1S/C19H21ClN2O4/c1-14(23)22(12-11-21-19(24)25-2)17-7-9-18(10-8-17)26-13-15-3-5-16(20)6-4-15/h3-10H,11-13H2,1-2H3,(H,21,24). The van der Waals surface area contributed by atoms with E-state index in [4.69, 9.17) is 16.3 Å². The molecule has 2 amide bonds. The fourth-order valence-corrected chi connectivity index (χ4v) is 2.41. The van der Waals surface area contributed by atoms with Crippen molar-refractivity contribution in [1.29, 1.82) is 0 Å². The van der Waals surface area contributed by atoms with Crippen LogP contribution in [0.4, 0.5) is 10.5 Å². The maximum atomic E-state index is 11.9. The van der Waals surface area contributed by atoms with Crippen LogP contribution in [0.3, 0.4) is 0 Å². The number of nitrogens with zero attached hydrogens (tertiary/aromatic N) is 1. The summed E-state index contributed by atoms with van der Waals surface area (Å²) < 4.78 is 10.2. The number of anilines is 1. The second-order valence-electron chi connectivity index (χ2n) is 5.50. The molecular formula is C19H21ClN2O4. The van der Waals surface area contributed by atoms with Crippen LogP contribution in [0, 0.1) is 0 Å². The Bertz CT molecular complexity index is 732. The minimum absolute atomic E-state index is 0.119. The van der Waals surface area contributed by atoms with Gasteiger partial charge in [0.1, 0.15) is 12.4 Å². The third-order valence-corrected chi connectivity index (χ3v) is 3.89. The zero-order chi connectivity index (χ0) is 18.9. The summed E-state index contributed by atoms with van der Waals surface area (Å²) in [5.41, 5.74) is 1.74. The molecule has 0 aliphatic carbocycles. The lowest BCUT2D eigenvalue weighted by molar-refractivity contribution is -0.116. The number of methoxy groups -OCH3 is 1. The first-order chi connectivity index (χ1) is 12.5. The lowest BCUT2D eigenvalue weighted by atomic mass is 10.2. The number of halogens is 1. The molecule has 0 bridgehead atoms. The van der Waals surface area contributed by atoms with Crippen molar-refractivity contribution in [2.45, 2.75) is 13.5 Å². The average Bonchev–Trinajstić information content (AvgIpc) is 2.65. The van der Waals surface area contributed by atoms with E-state index < -0.39 is 6.09 Å².